The van der Waals surface area contributed by atoms with Gasteiger partial charge >= 0.3 is 10.2 Å². The van der Waals surface area contributed by atoms with Gasteiger partial charge in [-0.05, 0) is 44.3 Å². The van der Waals surface area contributed by atoms with Gasteiger partial charge in [0.15, 0.2) is 5.82 Å². The Morgan fingerprint density at radius 1 is 1.12 bits per heavy atom. The van der Waals surface area contributed by atoms with Gasteiger partial charge in [-0.25, -0.2) is 8.70 Å². The van der Waals surface area contributed by atoms with Crippen LogP contribution in [0.25, 0.3) is 0 Å². The predicted molar refractivity (Wildman–Crippen MR) is 104 cm³/mol. The first-order valence-electron chi connectivity index (χ1n) is 7.91. The predicted octanol–water partition coefficient (Wildman–Crippen LogP) is 3.07. The van der Waals surface area contributed by atoms with Crippen LogP contribution in [-0.4, -0.2) is 35.7 Å². The largest absolute Gasteiger partial charge is 0.497 e. The standard InChI is InChI=1S/C17H20FN3O3S.ClH/c1-19-10-5-11-20-16-6-3-4-7-17(16)21(25(20,22)23)15-9-8-13(24-2)12-14(15)18;/h3-4,6-9,12,19H,5,10-11H2,1-2H3;1H. The SMILES string of the molecule is CNCCCN1c2ccccc2N(c2ccc(OC)cc2F)S1(=O)=O.Cl. The zero-order valence-electron chi connectivity index (χ0n) is 14.5. The third-order valence-electron chi connectivity index (χ3n) is 4.04. The average molecular weight is 402 g/mol. The van der Waals surface area contributed by atoms with Crippen LogP contribution in [-0.2, 0) is 10.2 Å². The van der Waals surface area contributed by atoms with Gasteiger partial charge in [-0.1, -0.05) is 12.1 Å². The van der Waals surface area contributed by atoms with Gasteiger partial charge in [0, 0.05) is 12.6 Å². The molecule has 0 saturated heterocycles. The number of fused-ring (bicyclic) bond motifs is 1. The van der Waals surface area contributed by atoms with E-state index in [0.717, 1.165) is 4.31 Å². The second-order valence-corrected chi connectivity index (χ2v) is 7.31. The van der Waals surface area contributed by atoms with E-state index in [0.29, 0.717) is 36.6 Å². The van der Waals surface area contributed by atoms with Gasteiger partial charge in [-0.3, -0.25) is 4.31 Å². The number of hydrogen-bond acceptors (Lipinski definition) is 4. The summed E-state index contributed by atoms with van der Waals surface area (Å²) >= 11 is 0. The van der Waals surface area contributed by atoms with Gasteiger partial charge < -0.3 is 10.1 Å². The fraction of sp³-hybridized carbons (Fsp3) is 0.294. The molecule has 3 rings (SSSR count). The molecule has 0 saturated carbocycles. The zero-order chi connectivity index (χ0) is 18.0. The van der Waals surface area contributed by atoms with Crippen molar-refractivity contribution < 1.29 is 17.5 Å². The third-order valence-corrected chi connectivity index (χ3v) is 5.83. The van der Waals surface area contributed by atoms with E-state index < -0.39 is 16.0 Å². The van der Waals surface area contributed by atoms with Gasteiger partial charge in [0.05, 0.1) is 24.2 Å². The van der Waals surface area contributed by atoms with Crippen molar-refractivity contribution in [3.63, 3.8) is 0 Å². The van der Waals surface area contributed by atoms with E-state index in [1.165, 1.54) is 23.5 Å². The molecule has 26 heavy (non-hydrogen) atoms. The lowest BCUT2D eigenvalue weighted by atomic mass is 10.2. The van der Waals surface area contributed by atoms with Gasteiger partial charge in [0.25, 0.3) is 0 Å². The summed E-state index contributed by atoms with van der Waals surface area (Å²) in [7, 11) is -0.663. The first-order chi connectivity index (χ1) is 12.0. The second-order valence-electron chi connectivity index (χ2n) is 5.61. The smallest absolute Gasteiger partial charge is 0.331 e. The fourth-order valence-corrected chi connectivity index (χ4v) is 4.62. The Labute approximate surface area is 159 Å². The third kappa shape index (κ3) is 3.44. The van der Waals surface area contributed by atoms with Crippen LogP contribution in [0.15, 0.2) is 42.5 Å². The number of rotatable bonds is 6. The lowest BCUT2D eigenvalue weighted by Gasteiger charge is -2.22. The summed E-state index contributed by atoms with van der Waals surface area (Å²) < 4.78 is 48.1. The molecule has 1 aliphatic heterocycles. The molecule has 0 unspecified atom stereocenters. The summed E-state index contributed by atoms with van der Waals surface area (Å²) in [6.45, 7) is 1.000. The molecular formula is C17H21ClFN3O3S. The molecule has 1 N–H and O–H groups in total. The minimum absolute atomic E-state index is 0. The van der Waals surface area contributed by atoms with Crippen LogP contribution >= 0.6 is 12.4 Å². The maximum absolute atomic E-state index is 14.5. The molecule has 142 valence electrons. The summed E-state index contributed by atoms with van der Waals surface area (Å²) in [6.07, 6.45) is 0.642. The van der Waals surface area contributed by atoms with Crippen molar-refractivity contribution in [2.45, 2.75) is 6.42 Å². The number of benzene rings is 2. The van der Waals surface area contributed by atoms with E-state index in [1.54, 1.807) is 30.3 Å². The number of methoxy groups -OCH3 is 1. The van der Waals surface area contributed by atoms with Gasteiger partial charge in [-0.2, -0.15) is 8.42 Å². The van der Waals surface area contributed by atoms with Crippen LogP contribution < -0.4 is 18.7 Å². The maximum atomic E-state index is 14.5. The molecular weight excluding hydrogens is 381 g/mol. The van der Waals surface area contributed by atoms with Crippen LogP contribution in [0.2, 0.25) is 0 Å². The molecule has 1 aliphatic rings. The average Bonchev–Trinajstić information content (AvgIpc) is 2.82. The molecule has 0 radical (unpaired) electrons. The number of para-hydroxylation sites is 2. The van der Waals surface area contributed by atoms with Gasteiger partial charge in [-0.15, -0.1) is 12.4 Å². The lowest BCUT2D eigenvalue weighted by Crippen LogP contribution is -2.37. The Bertz CT molecular complexity index is 879. The van der Waals surface area contributed by atoms with Crippen LogP contribution in [0.1, 0.15) is 6.42 Å². The molecule has 0 bridgehead atoms. The summed E-state index contributed by atoms with van der Waals surface area (Å²) in [5.74, 6) is -0.327. The summed E-state index contributed by atoms with van der Waals surface area (Å²) in [6, 6.07) is 11.0. The molecule has 0 amide bonds. The second kappa shape index (κ2) is 8.11. The van der Waals surface area contributed by atoms with Crippen LogP contribution in [0, 0.1) is 5.82 Å². The van der Waals surface area contributed by atoms with Crippen LogP contribution in [0.5, 0.6) is 5.75 Å². The number of nitrogens with zero attached hydrogens (tertiary/aromatic N) is 2. The number of halogens is 2. The van der Waals surface area contributed by atoms with Crippen molar-refractivity contribution in [2.75, 3.05) is 35.9 Å². The Kier molecular flexibility index (Phi) is 6.33. The molecule has 0 aliphatic carbocycles. The number of hydrogen-bond donors (Lipinski definition) is 1. The number of anilines is 3. The minimum atomic E-state index is -3.90. The van der Waals surface area contributed by atoms with Crippen LogP contribution in [0.4, 0.5) is 21.5 Å². The van der Waals surface area contributed by atoms with Crippen molar-refractivity contribution >= 4 is 39.7 Å². The molecule has 9 heteroatoms. The van der Waals surface area contributed by atoms with E-state index in [1.807, 2.05) is 7.05 Å². The van der Waals surface area contributed by atoms with Gasteiger partial charge in [0.1, 0.15) is 5.75 Å². The van der Waals surface area contributed by atoms with E-state index in [9.17, 15) is 12.8 Å². The zero-order valence-corrected chi connectivity index (χ0v) is 16.1. The van der Waals surface area contributed by atoms with Crippen molar-refractivity contribution in [2.24, 2.45) is 0 Å². The Morgan fingerprint density at radius 3 is 2.42 bits per heavy atom. The molecule has 0 fully saturated rings. The van der Waals surface area contributed by atoms with E-state index in [2.05, 4.69) is 5.32 Å². The first-order valence-corrected chi connectivity index (χ1v) is 9.30. The highest BCUT2D eigenvalue weighted by Gasteiger charge is 2.41. The summed E-state index contributed by atoms with van der Waals surface area (Å²) in [5.41, 5.74) is 0.967. The number of ether oxygens (including phenoxy) is 1. The lowest BCUT2D eigenvalue weighted by molar-refractivity contribution is 0.411. The van der Waals surface area contributed by atoms with Crippen molar-refractivity contribution in [1.29, 1.82) is 0 Å². The highest BCUT2D eigenvalue weighted by Crippen LogP contribution is 2.46. The molecule has 6 nitrogen and oxygen atoms in total. The molecule has 0 spiro atoms. The topological polar surface area (TPSA) is 61.9 Å². The van der Waals surface area contributed by atoms with Crippen molar-refractivity contribution in [3.05, 3.63) is 48.3 Å². The van der Waals surface area contributed by atoms with E-state index in [-0.39, 0.29) is 18.1 Å². The Hall–Kier alpha value is -2.03. The highest BCUT2D eigenvalue weighted by atomic mass is 35.5. The molecule has 0 aromatic heterocycles. The first kappa shape index (κ1) is 20.3. The molecule has 2 aromatic carbocycles. The minimum Gasteiger partial charge on any atom is -0.497 e. The highest BCUT2D eigenvalue weighted by molar-refractivity contribution is 7.95. The molecule has 1 heterocycles. The molecule has 0 atom stereocenters. The Balaban J connectivity index is 0.00000243. The van der Waals surface area contributed by atoms with E-state index in [4.69, 9.17) is 4.74 Å². The van der Waals surface area contributed by atoms with Crippen LogP contribution in [0.3, 0.4) is 0 Å². The fourth-order valence-electron chi connectivity index (χ4n) is 2.86. The van der Waals surface area contributed by atoms with E-state index >= 15 is 0 Å². The summed E-state index contributed by atoms with van der Waals surface area (Å²) in [5, 5.41) is 3.00. The van der Waals surface area contributed by atoms with Crippen molar-refractivity contribution in [1.82, 2.24) is 5.32 Å². The molecule has 2 aromatic rings. The van der Waals surface area contributed by atoms with Crippen molar-refractivity contribution in [3.8, 4) is 5.75 Å². The monoisotopic (exact) mass is 401 g/mol. The quantitative estimate of drug-likeness (QED) is 0.756. The van der Waals surface area contributed by atoms with Gasteiger partial charge in [0.2, 0.25) is 0 Å². The normalized spacial score (nSPS) is 14.7. The summed E-state index contributed by atoms with van der Waals surface area (Å²) in [4.78, 5) is 0. The Morgan fingerprint density at radius 2 is 1.81 bits per heavy atom. The maximum Gasteiger partial charge on any atom is 0.331 e. The number of nitrogens with one attached hydrogen (secondary N) is 1.